The first-order valence-electron chi connectivity index (χ1n) is 7.75. The van der Waals surface area contributed by atoms with Crippen LogP contribution in [-0.2, 0) is 13.2 Å². The van der Waals surface area contributed by atoms with E-state index in [9.17, 15) is 0 Å². The van der Waals surface area contributed by atoms with E-state index in [1.807, 2.05) is 30.5 Å². The smallest absolute Gasteiger partial charge is 0.213 e. The average molecular weight is 282 g/mol. The molecule has 0 spiro atoms. The fourth-order valence-corrected chi connectivity index (χ4v) is 2.76. The molecule has 1 N–H and O–H groups in total. The first kappa shape index (κ1) is 14.1. The summed E-state index contributed by atoms with van der Waals surface area (Å²) in [5.41, 5.74) is 2.40. The van der Waals surface area contributed by atoms with Crippen LogP contribution in [0, 0.1) is 0 Å². The number of hydrogen-bond donors (Lipinski definition) is 1. The number of hydrogen-bond acceptors (Lipinski definition) is 3. The van der Waals surface area contributed by atoms with E-state index in [4.69, 9.17) is 4.74 Å². The molecule has 3 rings (SSSR count). The third-order valence-electron chi connectivity index (χ3n) is 3.98. The quantitative estimate of drug-likeness (QED) is 0.877. The van der Waals surface area contributed by atoms with Gasteiger partial charge in [-0.1, -0.05) is 43.2 Å². The highest BCUT2D eigenvalue weighted by molar-refractivity contribution is 5.21. The van der Waals surface area contributed by atoms with Crippen molar-refractivity contribution in [2.75, 3.05) is 0 Å². The molecule has 0 bridgehead atoms. The predicted molar refractivity (Wildman–Crippen MR) is 84.1 cm³/mol. The maximum atomic E-state index is 5.77. The van der Waals surface area contributed by atoms with Gasteiger partial charge in [-0.3, -0.25) is 0 Å². The number of pyridine rings is 1. The van der Waals surface area contributed by atoms with Crippen molar-refractivity contribution in [1.82, 2.24) is 10.3 Å². The Morgan fingerprint density at radius 3 is 2.67 bits per heavy atom. The molecule has 0 amide bonds. The van der Waals surface area contributed by atoms with Crippen LogP contribution in [0.3, 0.4) is 0 Å². The molecule has 0 atom stereocenters. The third kappa shape index (κ3) is 4.30. The summed E-state index contributed by atoms with van der Waals surface area (Å²) in [6.07, 6.45) is 7.16. The lowest BCUT2D eigenvalue weighted by Crippen LogP contribution is -2.25. The lowest BCUT2D eigenvalue weighted by atomic mass is 10.2. The van der Waals surface area contributed by atoms with Crippen LogP contribution in [0.15, 0.2) is 48.7 Å². The van der Waals surface area contributed by atoms with Crippen molar-refractivity contribution in [3.63, 3.8) is 0 Å². The summed E-state index contributed by atoms with van der Waals surface area (Å²) in [6, 6.07) is 14.9. The van der Waals surface area contributed by atoms with Gasteiger partial charge in [0.25, 0.3) is 0 Å². The molecule has 1 fully saturated rings. The predicted octanol–water partition coefficient (Wildman–Crippen LogP) is 3.69. The zero-order chi connectivity index (χ0) is 14.3. The van der Waals surface area contributed by atoms with Gasteiger partial charge in [-0.15, -0.1) is 0 Å². The minimum Gasteiger partial charge on any atom is -0.473 e. The fourth-order valence-electron chi connectivity index (χ4n) is 2.76. The number of aromatic nitrogens is 1. The minimum absolute atomic E-state index is 0.563. The van der Waals surface area contributed by atoms with Crippen LogP contribution in [0.5, 0.6) is 5.88 Å². The molecular formula is C18H22N2O. The maximum absolute atomic E-state index is 5.77. The summed E-state index contributed by atoms with van der Waals surface area (Å²) in [5.74, 6) is 0.699. The summed E-state index contributed by atoms with van der Waals surface area (Å²) in [4.78, 5) is 4.28. The fraction of sp³-hybridized carbons (Fsp3) is 0.389. The van der Waals surface area contributed by atoms with Crippen LogP contribution in [-0.4, -0.2) is 11.0 Å². The monoisotopic (exact) mass is 282 g/mol. The molecule has 1 aromatic carbocycles. The average Bonchev–Trinajstić information content (AvgIpc) is 3.06. The van der Waals surface area contributed by atoms with Crippen LogP contribution < -0.4 is 10.1 Å². The number of ether oxygens (including phenoxy) is 1. The van der Waals surface area contributed by atoms with Crippen LogP contribution in [0.4, 0.5) is 0 Å². The van der Waals surface area contributed by atoms with Crippen molar-refractivity contribution < 1.29 is 4.74 Å². The Balaban J connectivity index is 1.52. The largest absolute Gasteiger partial charge is 0.473 e. The molecule has 0 aliphatic heterocycles. The molecule has 0 unspecified atom stereocenters. The van der Waals surface area contributed by atoms with Crippen molar-refractivity contribution in [2.45, 2.75) is 44.9 Å². The summed E-state index contributed by atoms with van der Waals surface area (Å²) in [6.45, 7) is 1.46. The van der Waals surface area contributed by atoms with Gasteiger partial charge in [-0.25, -0.2) is 4.98 Å². The lowest BCUT2D eigenvalue weighted by Gasteiger charge is -2.12. The number of rotatable bonds is 6. The second kappa shape index (κ2) is 7.23. The summed E-state index contributed by atoms with van der Waals surface area (Å²) < 4.78 is 5.77. The molecule has 2 aromatic rings. The van der Waals surface area contributed by atoms with Gasteiger partial charge in [-0.2, -0.15) is 0 Å². The van der Waals surface area contributed by atoms with E-state index in [-0.39, 0.29) is 0 Å². The van der Waals surface area contributed by atoms with E-state index in [1.54, 1.807) is 0 Å². The van der Waals surface area contributed by atoms with E-state index < -0.39 is 0 Å². The van der Waals surface area contributed by atoms with Gasteiger partial charge in [0.15, 0.2) is 0 Å². The molecule has 1 heterocycles. The standard InChI is InChI=1S/C18H22N2O/c1-2-6-15(7-3-1)14-21-18-12-16(10-11-19-18)13-20-17-8-4-5-9-17/h1-3,6-7,10-12,17,20H,4-5,8-9,13-14H2. The Morgan fingerprint density at radius 2 is 1.86 bits per heavy atom. The van der Waals surface area contributed by atoms with Gasteiger partial charge in [0.05, 0.1) is 0 Å². The van der Waals surface area contributed by atoms with Gasteiger partial charge in [0.1, 0.15) is 6.61 Å². The summed E-state index contributed by atoms with van der Waals surface area (Å²) in [7, 11) is 0. The first-order chi connectivity index (χ1) is 10.4. The molecule has 3 heteroatoms. The number of nitrogens with one attached hydrogen (secondary N) is 1. The second-order valence-corrected chi connectivity index (χ2v) is 5.64. The van der Waals surface area contributed by atoms with Gasteiger partial charge in [0.2, 0.25) is 5.88 Å². The van der Waals surface area contributed by atoms with Crippen molar-refractivity contribution in [3.8, 4) is 5.88 Å². The summed E-state index contributed by atoms with van der Waals surface area (Å²) in [5, 5.41) is 3.62. The Hall–Kier alpha value is -1.87. The molecule has 110 valence electrons. The highest BCUT2D eigenvalue weighted by Gasteiger charge is 2.13. The molecule has 0 radical (unpaired) electrons. The van der Waals surface area contributed by atoms with E-state index in [2.05, 4.69) is 28.5 Å². The molecular weight excluding hydrogens is 260 g/mol. The second-order valence-electron chi connectivity index (χ2n) is 5.64. The van der Waals surface area contributed by atoms with Gasteiger partial charge in [-0.05, 0) is 30.0 Å². The zero-order valence-corrected chi connectivity index (χ0v) is 12.3. The topological polar surface area (TPSA) is 34.1 Å². The van der Waals surface area contributed by atoms with E-state index in [1.165, 1.54) is 31.2 Å². The van der Waals surface area contributed by atoms with Gasteiger partial charge < -0.3 is 10.1 Å². The van der Waals surface area contributed by atoms with E-state index in [0.717, 1.165) is 12.1 Å². The van der Waals surface area contributed by atoms with Crippen molar-refractivity contribution in [3.05, 3.63) is 59.8 Å². The van der Waals surface area contributed by atoms with Crippen LogP contribution in [0.25, 0.3) is 0 Å². The Kier molecular flexibility index (Phi) is 4.85. The summed E-state index contributed by atoms with van der Waals surface area (Å²) >= 11 is 0. The highest BCUT2D eigenvalue weighted by atomic mass is 16.5. The third-order valence-corrected chi connectivity index (χ3v) is 3.98. The van der Waals surface area contributed by atoms with Crippen LogP contribution in [0.2, 0.25) is 0 Å². The molecule has 0 saturated heterocycles. The zero-order valence-electron chi connectivity index (χ0n) is 12.3. The van der Waals surface area contributed by atoms with Gasteiger partial charge >= 0.3 is 0 Å². The highest BCUT2D eigenvalue weighted by Crippen LogP contribution is 2.18. The Bertz CT molecular complexity index is 550. The number of benzene rings is 1. The Morgan fingerprint density at radius 1 is 1.05 bits per heavy atom. The molecule has 3 nitrogen and oxygen atoms in total. The minimum atomic E-state index is 0.563. The molecule has 21 heavy (non-hydrogen) atoms. The molecule has 1 aliphatic carbocycles. The SMILES string of the molecule is c1ccc(COc2cc(CNC3CCCC3)ccn2)cc1. The maximum Gasteiger partial charge on any atom is 0.213 e. The van der Waals surface area contributed by atoms with Crippen molar-refractivity contribution in [1.29, 1.82) is 0 Å². The molecule has 1 aliphatic rings. The first-order valence-corrected chi connectivity index (χ1v) is 7.75. The molecule has 1 saturated carbocycles. The van der Waals surface area contributed by atoms with Crippen LogP contribution >= 0.6 is 0 Å². The van der Waals surface area contributed by atoms with Gasteiger partial charge in [0, 0.05) is 24.8 Å². The number of nitrogens with zero attached hydrogens (tertiary/aromatic N) is 1. The van der Waals surface area contributed by atoms with Crippen molar-refractivity contribution >= 4 is 0 Å². The van der Waals surface area contributed by atoms with Crippen LogP contribution in [0.1, 0.15) is 36.8 Å². The Labute approximate surface area is 126 Å². The van der Waals surface area contributed by atoms with Crippen molar-refractivity contribution in [2.24, 2.45) is 0 Å². The normalized spacial score (nSPS) is 15.2. The van der Waals surface area contributed by atoms with E-state index in [0.29, 0.717) is 18.5 Å². The lowest BCUT2D eigenvalue weighted by molar-refractivity contribution is 0.293. The van der Waals surface area contributed by atoms with E-state index >= 15 is 0 Å². The molecule has 1 aromatic heterocycles.